The van der Waals surface area contributed by atoms with Crippen LogP contribution in [-0.2, 0) is 14.6 Å². The lowest BCUT2D eigenvalue weighted by atomic mass is 10.0. The maximum absolute atomic E-state index is 12.0. The molecule has 1 fully saturated rings. The topological polar surface area (TPSA) is 80.5 Å². The Labute approximate surface area is 103 Å². The second-order valence-corrected chi connectivity index (χ2v) is 8.35. The summed E-state index contributed by atoms with van der Waals surface area (Å²) in [6.45, 7) is 7.56. The molecule has 0 spiro atoms. The monoisotopic (exact) mass is 262 g/mol. The molecule has 6 heteroatoms. The summed E-state index contributed by atoms with van der Waals surface area (Å²) in [7, 11) is -3.11. The van der Waals surface area contributed by atoms with E-state index in [1.165, 1.54) is 0 Å². The maximum atomic E-state index is 12.0. The summed E-state index contributed by atoms with van der Waals surface area (Å²) in [4.78, 5) is 13.6. The first-order valence-electron chi connectivity index (χ1n) is 5.85. The smallest absolute Gasteiger partial charge is 0.239 e. The summed E-state index contributed by atoms with van der Waals surface area (Å²) >= 11 is 0. The third-order valence-corrected chi connectivity index (χ3v) is 5.89. The normalized spacial score (nSPS) is 24.7. The van der Waals surface area contributed by atoms with Crippen LogP contribution < -0.4 is 5.73 Å². The van der Waals surface area contributed by atoms with E-state index < -0.39 is 20.6 Å². The van der Waals surface area contributed by atoms with Gasteiger partial charge in [-0.25, -0.2) is 8.42 Å². The van der Waals surface area contributed by atoms with Crippen molar-refractivity contribution >= 4 is 15.7 Å². The van der Waals surface area contributed by atoms with E-state index in [0.717, 1.165) is 0 Å². The average molecular weight is 262 g/mol. The Morgan fingerprint density at radius 3 is 2.29 bits per heavy atom. The molecule has 1 heterocycles. The quantitative estimate of drug-likeness (QED) is 0.760. The fraction of sp³-hybridized carbons (Fsp3) is 0.909. The van der Waals surface area contributed by atoms with E-state index in [1.807, 2.05) is 13.8 Å². The van der Waals surface area contributed by atoms with Crippen LogP contribution in [0.1, 0.15) is 27.7 Å². The van der Waals surface area contributed by atoms with Gasteiger partial charge in [0.25, 0.3) is 0 Å². The molecular formula is C11H22N2O3S. The number of rotatable bonds is 2. The first-order valence-corrected chi connectivity index (χ1v) is 7.50. The van der Waals surface area contributed by atoms with Crippen LogP contribution in [0, 0.1) is 5.92 Å². The van der Waals surface area contributed by atoms with Crippen LogP contribution in [0.15, 0.2) is 0 Å². The summed E-state index contributed by atoms with van der Waals surface area (Å²) < 4.78 is 22.7. The van der Waals surface area contributed by atoms with Crippen molar-refractivity contribution in [2.75, 3.05) is 18.8 Å². The number of sulfone groups is 1. The zero-order valence-corrected chi connectivity index (χ0v) is 11.8. The van der Waals surface area contributed by atoms with Crippen LogP contribution in [0.2, 0.25) is 0 Å². The molecule has 1 amide bonds. The van der Waals surface area contributed by atoms with E-state index in [1.54, 1.807) is 18.7 Å². The van der Waals surface area contributed by atoms with Gasteiger partial charge in [0.1, 0.15) is 0 Å². The number of hydrogen-bond acceptors (Lipinski definition) is 4. The van der Waals surface area contributed by atoms with Crippen LogP contribution in [-0.4, -0.2) is 48.9 Å². The average Bonchev–Trinajstić information content (AvgIpc) is 2.20. The van der Waals surface area contributed by atoms with Crippen LogP contribution in [0.25, 0.3) is 0 Å². The number of nitrogens with two attached hydrogens (primary N) is 1. The van der Waals surface area contributed by atoms with Crippen molar-refractivity contribution in [3.05, 3.63) is 0 Å². The van der Waals surface area contributed by atoms with Gasteiger partial charge < -0.3 is 10.6 Å². The van der Waals surface area contributed by atoms with Gasteiger partial charge in [-0.2, -0.15) is 0 Å². The molecule has 1 saturated heterocycles. The van der Waals surface area contributed by atoms with E-state index in [2.05, 4.69) is 0 Å². The van der Waals surface area contributed by atoms with Gasteiger partial charge in [0.15, 0.2) is 9.84 Å². The number of amides is 1. The lowest BCUT2D eigenvalue weighted by molar-refractivity contribution is -0.133. The van der Waals surface area contributed by atoms with Gasteiger partial charge in [-0.15, -0.1) is 0 Å². The van der Waals surface area contributed by atoms with Gasteiger partial charge in [0.2, 0.25) is 5.91 Å². The second-order valence-electron chi connectivity index (χ2n) is 5.61. The van der Waals surface area contributed by atoms with Crippen molar-refractivity contribution < 1.29 is 13.2 Å². The van der Waals surface area contributed by atoms with Crippen LogP contribution in [0.4, 0.5) is 0 Å². The molecule has 100 valence electrons. The van der Waals surface area contributed by atoms with Gasteiger partial charge in [0, 0.05) is 13.1 Å². The molecule has 17 heavy (non-hydrogen) atoms. The summed E-state index contributed by atoms with van der Waals surface area (Å²) in [5.41, 5.74) is 5.81. The predicted octanol–water partition coefficient (Wildman–Crippen LogP) is 0.00530. The van der Waals surface area contributed by atoms with Crippen LogP contribution >= 0.6 is 0 Å². The van der Waals surface area contributed by atoms with Crippen molar-refractivity contribution in [1.82, 2.24) is 4.90 Å². The van der Waals surface area contributed by atoms with Gasteiger partial charge in [0.05, 0.1) is 16.5 Å². The Morgan fingerprint density at radius 2 is 1.88 bits per heavy atom. The fourth-order valence-electron chi connectivity index (χ4n) is 1.83. The van der Waals surface area contributed by atoms with Crippen LogP contribution in [0.3, 0.4) is 0 Å². The van der Waals surface area contributed by atoms with Crippen molar-refractivity contribution in [3.8, 4) is 0 Å². The van der Waals surface area contributed by atoms with Crippen LogP contribution in [0.5, 0.6) is 0 Å². The number of hydrogen-bond donors (Lipinski definition) is 1. The molecule has 0 aliphatic carbocycles. The summed E-state index contributed by atoms with van der Waals surface area (Å²) in [6.07, 6.45) is 0. The third kappa shape index (κ3) is 2.80. The Morgan fingerprint density at radius 1 is 1.35 bits per heavy atom. The second kappa shape index (κ2) is 4.57. The highest BCUT2D eigenvalue weighted by molar-refractivity contribution is 7.92. The zero-order chi connectivity index (χ0) is 13.4. The minimum Gasteiger partial charge on any atom is -0.339 e. The molecule has 1 atom stereocenters. The van der Waals surface area contributed by atoms with E-state index in [9.17, 15) is 13.2 Å². The predicted molar refractivity (Wildman–Crippen MR) is 67.3 cm³/mol. The largest absolute Gasteiger partial charge is 0.339 e. The summed E-state index contributed by atoms with van der Waals surface area (Å²) in [6, 6.07) is -0.549. The standard InChI is InChI=1S/C11H22N2O3S/c1-8(2)9(12)10(14)13-5-6-17(15,16)11(3,4)7-13/h8-9H,5-7,12H2,1-4H3/t9-/m0/s1. The molecule has 1 rings (SSSR count). The molecule has 1 aliphatic rings. The lowest BCUT2D eigenvalue weighted by Gasteiger charge is -2.39. The van der Waals surface area contributed by atoms with Gasteiger partial charge in [-0.3, -0.25) is 4.79 Å². The molecule has 0 bridgehead atoms. The highest BCUT2D eigenvalue weighted by atomic mass is 32.2. The van der Waals surface area contributed by atoms with Gasteiger partial charge >= 0.3 is 0 Å². The first kappa shape index (κ1) is 14.4. The number of carbonyl (C=O) groups is 1. The van der Waals surface area contributed by atoms with Crippen molar-refractivity contribution in [2.45, 2.75) is 38.5 Å². The molecule has 0 aromatic rings. The number of nitrogens with zero attached hydrogens (tertiary/aromatic N) is 1. The minimum absolute atomic E-state index is 0.0244. The van der Waals surface area contributed by atoms with Crippen molar-refractivity contribution in [2.24, 2.45) is 11.7 Å². The summed E-state index contributed by atoms with van der Waals surface area (Å²) in [5.74, 6) is -0.0663. The lowest BCUT2D eigenvalue weighted by Crippen LogP contribution is -2.58. The molecule has 0 aromatic heterocycles. The molecule has 2 N–H and O–H groups in total. The van der Waals surface area contributed by atoms with Crippen molar-refractivity contribution in [1.29, 1.82) is 0 Å². The summed E-state index contributed by atoms with van der Waals surface area (Å²) in [5, 5.41) is 0. The molecule has 0 saturated carbocycles. The molecular weight excluding hydrogens is 240 g/mol. The fourth-order valence-corrected chi connectivity index (χ4v) is 3.19. The SMILES string of the molecule is CC(C)[C@H](N)C(=O)N1CCS(=O)(=O)C(C)(C)C1. The molecule has 5 nitrogen and oxygen atoms in total. The van der Waals surface area contributed by atoms with E-state index >= 15 is 0 Å². The number of carbonyl (C=O) groups excluding carboxylic acids is 1. The van der Waals surface area contributed by atoms with Gasteiger partial charge in [-0.05, 0) is 19.8 Å². The highest BCUT2D eigenvalue weighted by Crippen LogP contribution is 2.24. The Balaban J connectivity index is 2.82. The van der Waals surface area contributed by atoms with Gasteiger partial charge in [-0.1, -0.05) is 13.8 Å². The van der Waals surface area contributed by atoms with Crippen molar-refractivity contribution in [3.63, 3.8) is 0 Å². The molecule has 0 radical (unpaired) electrons. The Kier molecular flexibility index (Phi) is 3.88. The molecule has 1 aliphatic heterocycles. The van der Waals surface area contributed by atoms with E-state index in [4.69, 9.17) is 5.73 Å². The molecule has 0 unspecified atom stereocenters. The third-order valence-electron chi connectivity index (χ3n) is 3.36. The Bertz CT molecular complexity index is 401. The zero-order valence-electron chi connectivity index (χ0n) is 10.9. The molecule has 0 aromatic carbocycles. The first-order chi connectivity index (χ1) is 7.58. The maximum Gasteiger partial charge on any atom is 0.239 e. The highest BCUT2D eigenvalue weighted by Gasteiger charge is 2.42. The van der Waals surface area contributed by atoms with E-state index in [0.29, 0.717) is 0 Å². The van der Waals surface area contributed by atoms with E-state index in [-0.39, 0.29) is 30.7 Å². The minimum atomic E-state index is -3.11. The Hall–Kier alpha value is -0.620.